The number of hydrogen-bond donors (Lipinski definition) is 0. The predicted molar refractivity (Wildman–Crippen MR) is 55.3 cm³/mol. The van der Waals surface area contributed by atoms with Crippen molar-refractivity contribution in [3.8, 4) is 11.5 Å². The molecule has 0 aliphatic carbocycles. The fourth-order valence-corrected chi connectivity index (χ4v) is 2.60. The van der Waals surface area contributed by atoms with E-state index in [4.69, 9.17) is 9.47 Å². The quantitative estimate of drug-likeness (QED) is 0.730. The van der Waals surface area contributed by atoms with Crippen LogP contribution in [-0.4, -0.2) is 27.2 Å². The molecule has 1 aromatic rings. The van der Waals surface area contributed by atoms with E-state index in [1.807, 2.05) is 0 Å². The lowest BCUT2D eigenvalue weighted by Gasteiger charge is -2.03. The van der Waals surface area contributed by atoms with Gasteiger partial charge in [0, 0.05) is 12.5 Å². The minimum Gasteiger partial charge on any atom is -0.454 e. The Morgan fingerprint density at radius 2 is 2.00 bits per heavy atom. The molecule has 6 heteroatoms. The van der Waals surface area contributed by atoms with Gasteiger partial charge in [-0.25, -0.2) is 8.42 Å². The van der Waals surface area contributed by atoms with Crippen LogP contribution in [-0.2, 0) is 14.6 Å². The largest absolute Gasteiger partial charge is 0.454 e. The lowest BCUT2D eigenvalue weighted by molar-refractivity contribution is -0.107. The number of benzene rings is 1. The van der Waals surface area contributed by atoms with Crippen molar-refractivity contribution in [2.45, 2.75) is 11.3 Å². The van der Waals surface area contributed by atoms with Crippen LogP contribution in [0.1, 0.15) is 6.42 Å². The van der Waals surface area contributed by atoms with Crippen LogP contribution in [0.2, 0.25) is 0 Å². The molecule has 0 fully saturated rings. The van der Waals surface area contributed by atoms with Gasteiger partial charge in [0.1, 0.15) is 6.29 Å². The smallest absolute Gasteiger partial charge is 0.231 e. The fourth-order valence-electron chi connectivity index (χ4n) is 1.39. The van der Waals surface area contributed by atoms with Crippen LogP contribution >= 0.6 is 0 Å². The van der Waals surface area contributed by atoms with E-state index in [1.165, 1.54) is 12.1 Å². The third kappa shape index (κ3) is 2.01. The van der Waals surface area contributed by atoms with Crippen molar-refractivity contribution in [1.82, 2.24) is 0 Å². The van der Waals surface area contributed by atoms with Crippen molar-refractivity contribution < 1.29 is 22.7 Å². The first-order valence-corrected chi connectivity index (χ1v) is 6.35. The highest BCUT2D eigenvalue weighted by Crippen LogP contribution is 2.34. The van der Waals surface area contributed by atoms with Gasteiger partial charge in [-0.3, -0.25) is 0 Å². The van der Waals surface area contributed by atoms with Gasteiger partial charge in [0.15, 0.2) is 21.3 Å². The maximum Gasteiger partial charge on any atom is 0.231 e. The zero-order valence-corrected chi connectivity index (χ0v) is 9.20. The minimum absolute atomic E-state index is 0.00320. The maximum atomic E-state index is 11.7. The molecule has 0 aromatic heterocycles. The molecule has 1 heterocycles. The Morgan fingerprint density at radius 3 is 2.75 bits per heavy atom. The van der Waals surface area contributed by atoms with Gasteiger partial charge >= 0.3 is 0 Å². The lowest BCUT2D eigenvalue weighted by atomic mass is 10.3. The average Bonchev–Trinajstić information content (AvgIpc) is 2.73. The Hall–Kier alpha value is -1.56. The van der Waals surface area contributed by atoms with E-state index in [9.17, 15) is 13.2 Å². The third-order valence-electron chi connectivity index (χ3n) is 2.21. The van der Waals surface area contributed by atoms with Crippen LogP contribution < -0.4 is 9.47 Å². The second-order valence-corrected chi connectivity index (χ2v) is 5.40. The van der Waals surface area contributed by atoms with E-state index < -0.39 is 9.84 Å². The Bertz CT molecular complexity index is 506. The second-order valence-electron chi connectivity index (χ2n) is 3.29. The molecule has 0 N–H and O–H groups in total. The molecule has 0 saturated heterocycles. The van der Waals surface area contributed by atoms with E-state index >= 15 is 0 Å². The van der Waals surface area contributed by atoms with Crippen molar-refractivity contribution >= 4 is 16.1 Å². The molecular formula is C10H10O5S. The molecule has 0 atom stereocenters. The molecule has 0 unspecified atom stereocenters. The number of aldehydes is 1. The molecule has 0 amide bonds. The minimum atomic E-state index is -3.41. The number of fused-ring (bicyclic) bond motifs is 1. The molecule has 0 bridgehead atoms. The van der Waals surface area contributed by atoms with Crippen molar-refractivity contribution in [2.24, 2.45) is 0 Å². The molecule has 86 valence electrons. The van der Waals surface area contributed by atoms with Gasteiger partial charge in [0.25, 0.3) is 0 Å². The summed E-state index contributed by atoms with van der Waals surface area (Å²) in [6.07, 6.45) is 0.585. The van der Waals surface area contributed by atoms with E-state index in [2.05, 4.69) is 0 Å². The van der Waals surface area contributed by atoms with E-state index in [0.29, 0.717) is 17.8 Å². The van der Waals surface area contributed by atoms with Gasteiger partial charge in [-0.05, 0) is 12.1 Å². The molecule has 0 saturated carbocycles. The number of hydrogen-bond acceptors (Lipinski definition) is 5. The van der Waals surface area contributed by atoms with Gasteiger partial charge in [-0.1, -0.05) is 0 Å². The summed E-state index contributed by atoms with van der Waals surface area (Å²) >= 11 is 0. The fraction of sp³-hybridized carbons (Fsp3) is 0.300. The summed E-state index contributed by atoms with van der Waals surface area (Å²) in [5.41, 5.74) is 0. The molecule has 16 heavy (non-hydrogen) atoms. The Labute approximate surface area is 92.9 Å². The zero-order valence-electron chi connectivity index (χ0n) is 8.38. The highest BCUT2D eigenvalue weighted by atomic mass is 32.2. The summed E-state index contributed by atoms with van der Waals surface area (Å²) in [6, 6.07) is 4.42. The zero-order chi connectivity index (χ0) is 11.6. The first-order chi connectivity index (χ1) is 7.63. The summed E-state index contributed by atoms with van der Waals surface area (Å²) in [4.78, 5) is 10.3. The maximum absolute atomic E-state index is 11.7. The lowest BCUT2D eigenvalue weighted by Crippen LogP contribution is -2.07. The van der Waals surface area contributed by atoms with Crippen LogP contribution in [0.25, 0.3) is 0 Å². The van der Waals surface area contributed by atoms with Crippen molar-refractivity contribution in [3.05, 3.63) is 18.2 Å². The summed E-state index contributed by atoms with van der Waals surface area (Å²) in [7, 11) is -3.41. The monoisotopic (exact) mass is 242 g/mol. The molecule has 1 aromatic carbocycles. The Balaban J connectivity index is 2.30. The summed E-state index contributed by atoms with van der Waals surface area (Å²) < 4.78 is 33.6. The van der Waals surface area contributed by atoms with Gasteiger partial charge in [0.05, 0.1) is 10.6 Å². The van der Waals surface area contributed by atoms with Crippen molar-refractivity contribution in [2.75, 3.05) is 12.5 Å². The second kappa shape index (κ2) is 4.13. The number of sulfone groups is 1. The van der Waals surface area contributed by atoms with Gasteiger partial charge < -0.3 is 14.3 Å². The van der Waals surface area contributed by atoms with Gasteiger partial charge in [0.2, 0.25) is 6.79 Å². The normalized spacial score (nSPS) is 13.8. The molecule has 1 aliphatic heterocycles. The highest BCUT2D eigenvalue weighted by molar-refractivity contribution is 7.91. The number of carbonyl (C=O) groups is 1. The average molecular weight is 242 g/mol. The first kappa shape index (κ1) is 10.9. The number of rotatable bonds is 4. The molecule has 0 spiro atoms. The van der Waals surface area contributed by atoms with Crippen LogP contribution in [0.3, 0.4) is 0 Å². The Morgan fingerprint density at radius 1 is 1.25 bits per heavy atom. The molecular weight excluding hydrogens is 232 g/mol. The molecule has 5 nitrogen and oxygen atoms in total. The summed E-state index contributed by atoms with van der Waals surface area (Å²) in [6.45, 7) is 0.104. The van der Waals surface area contributed by atoms with Crippen molar-refractivity contribution in [3.63, 3.8) is 0 Å². The van der Waals surface area contributed by atoms with Crippen LogP contribution in [0, 0.1) is 0 Å². The predicted octanol–water partition coefficient (Wildman–Crippen LogP) is 0.778. The third-order valence-corrected chi connectivity index (χ3v) is 3.95. The van der Waals surface area contributed by atoms with Crippen LogP contribution in [0.15, 0.2) is 23.1 Å². The molecule has 2 rings (SSSR count). The standard InChI is InChI=1S/C10H10O5S/c11-4-1-5-16(12,13)8-2-3-9-10(6-8)15-7-14-9/h2-4,6H,1,5,7H2. The highest BCUT2D eigenvalue weighted by Gasteiger charge is 2.19. The SMILES string of the molecule is O=CCCS(=O)(=O)c1ccc2c(c1)OCO2. The molecule has 1 aliphatic rings. The van der Waals surface area contributed by atoms with E-state index in [1.54, 1.807) is 6.07 Å². The Kier molecular flexibility index (Phi) is 2.82. The number of carbonyl (C=O) groups excluding carboxylic acids is 1. The summed E-state index contributed by atoms with van der Waals surface area (Å²) in [5.74, 6) is 0.775. The van der Waals surface area contributed by atoms with Gasteiger partial charge in [-0.2, -0.15) is 0 Å². The first-order valence-electron chi connectivity index (χ1n) is 4.69. The van der Waals surface area contributed by atoms with Crippen molar-refractivity contribution in [1.29, 1.82) is 0 Å². The number of ether oxygens (including phenoxy) is 2. The summed E-state index contributed by atoms with van der Waals surface area (Å²) in [5, 5.41) is 0. The van der Waals surface area contributed by atoms with Crippen LogP contribution in [0.5, 0.6) is 11.5 Å². The molecule has 0 radical (unpaired) electrons. The van der Waals surface area contributed by atoms with Crippen LogP contribution in [0.4, 0.5) is 0 Å². The van der Waals surface area contributed by atoms with E-state index in [-0.39, 0.29) is 23.9 Å². The van der Waals surface area contributed by atoms with E-state index in [0.717, 1.165) is 0 Å². The van der Waals surface area contributed by atoms with Gasteiger partial charge in [-0.15, -0.1) is 0 Å². The topological polar surface area (TPSA) is 69.7 Å².